The predicted molar refractivity (Wildman–Crippen MR) is 108 cm³/mol. The Hall–Kier alpha value is -2.08. The van der Waals surface area contributed by atoms with Crippen LogP contribution in [0.3, 0.4) is 0 Å². The van der Waals surface area contributed by atoms with Crippen molar-refractivity contribution in [2.45, 2.75) is 19.4 Å². The lowest BCUT2D eigenvalue weighted by Crippen LogP contribution is -2.40. The van der Waals surface area contributed by atoms with Crippen LogP contribution in [0.4, 0.5) is 0 Å². The van der Waals surface area contributed by atoms with Gasteiger partial charge in [-0.15, -0.1) is 12.4 Å². The van der Waals surface area contributed by atoms with Crippen molar-refractivity contribution in [2.24, 2.45) is 0 Å². The van der Waals surface area contributed by atoms with Crippen molar-refractivity contribution in [3.05, 3.63) is 65.7 Å². The fraction of sp³-hybridized carbons (Fsp3) is 0.381. The van der Waals surface area contributed by atoms with E-state index in [2.05, 4.69) is 18.7 Å². The van der Waals surface area contributed by atoms with Crippen LogP contribution >= 0.6 is 12.4 Å². The van der Waals surface area contributed by atoms with Gasteiger partial charge in [-0.1, -0.05) is 56.3 Å². The Kier molecular flexibility index (Phi) is 9.29. The molecule has 0 fully saturated rings. The summed E-state index contributed by atoms with van der Waals surface area (Å²) < 4.78 is 10.6. The quantitative estimate of drug-likeness (QED) is 0.663. The van der Waals surface area contributed by atoms with Gasteiger partial charge >= 0.3 is 5.97 Å². The van der Waals surface area contributed by atoms with E-state index in [0.29, 0.717) is 23.4 Å². The number of likely N-dealkylation sites (N-methyl/N-ethyl adjacent to an activating group) is 1. The summed E-state index contributed by atoms with van der Waals surface area (Å²) in [5, 5.41) is 11.3. The second-order valence-corrected chi connectivity index (χ2v) is 5.97. The van der Waals surface area contributed by atoms with E-state index < -0.39 is 11.6 Å². The number of nitrogens with zero attached hydrogens (tertiary/aromatic N) is 1. The second kappa shape index (κ2) is 10.9. The maximum absolute atomic E-state index is 12.9. The summed E-state index contributed by atoms with van der Waals surface area (Å²) in [4.78, 5) is 15.0. The van der Waals surface area contributed by atoms with E-state index in [9.17, 15) is 9.90 Å². The normalized spacial score (nSPS) is 12.8. The van der Waals surface area contributed by atoms with Crippen LogP contribution in [-0.4, -0.2) is 49.3 Å². The van der Waals surface area contributed by atoms with Gasteiger partial charge in [0.25, 0.3) is 0 Å². The van der Waals surface area contributed by atoms with Crippen LogP contribution in [0.25, 0.3) is 0 Å². The van der Waals surface area contributed by atoms with Crippen LogP contribution in [0, 0.1) is 0 Å². The maximum Gasteiger partial charge on any atom is 0.347 e. The van der Waals surface area contributed by atoms with Crippen LogP contribution < -0.4 is 4.74 Å². The first-order valence-corrected chi connectivity index (χ1v) is 8.88. The van der Waals surface area contributed by atoms with Crippen LogP contribution in [0.2, 0.25) is 0 Å². The maximum atomic E-state index is 12.9. The summed E-state index contributed by atoms with van der Waals surface area (Å²) in [6, 6.07) is 15.6. The first-order valence-electron chi connectivity index (χ1n) is 8.88. The monoisotopic (exact) mass is 393 g/mol. The summed E-state index contributed by atoms with van der Waals surface area (Å²) in [6.07, 6.45) is 0. The van der Waals surface area contributed by atoms with Gasteiger partial charge in [0.2, 0.25) is 5.60 Å². The molecule has 0 aromatic heterocycles. The molecule has 6 heteroatoms. The molecule has 0 bridgehead atoms. The first kappa shape index (κ1) is 23.0. The molecule has 1 N–H and O–H groups in total. The van der Waals surface area contributed by atoms with Gasteiger partial charge in [-0.3, -0.25) is 0 Å². The summed E-state index contributed by atoms with van der Waals surface area (Å²) >= 11 is 0. The number of carbonyl (C=O) groups is 1. The van der Waals surface area contributed by atoms with Crippen LogP contribution in [-0.2, 0) is 15.1 Å². The van der Waals surface area contributed by atoms with Gasteiger partial charge in [-0.25, -0.2) is 4.79 Å². The van der Waals surface area contributed by atoms with Gasteiger partial charge < -0.3 is 19.5 Å². The predicted octanol–water partition coefficient (Wildman–Crippen LogP) is 3.24. The highest BCUT2D eigenvalue weighted by atomic mass is 35.5. The fourth-order valence-corrected chi connectivity index (χ4v) is 2.83. The molecule has 0 aliphatic heterocycles. The third kappa shape index (κ3) is 5.45. The van der Waals surface area contributed by atoms with Crippen molar-refractivity contribution in [3.8, 4) is 5.75 Å². The molecule has 1 atom stereocenters. The topological polar surface area (TPSA) is 59.0 Å². The Balaban J connectivity index is 0.00000364. The van der Waals surface area contributed by atoms with E-state index in [1.807, 2.05) is 6.07 Å². The summed E-state index contributed by atoms with van der Waals surface area (Å²) in [6.45, 7) is 6.75. The molecule has 0 saturated heterocycles. The zero-order valence-electron chi connectivity index (χ0n) is 16.1. The number of carbonyl (C=O) groups excluding carboxylic acids is 1. The van der Waals surface area contributed by atoms with Gasteiger partial charge in [-0.2, -0.15) is 0 Å². The van der Waals surface area contributed by atoms with Crippen molar-refractivity contribution in [2.75, 3.05) is 33.4 Å². The molecule has 0 heterocycles. The molecule has 2 aromatic rings. The number of benzene rings is 2. The number of aliphatic hydroxyl groups is 1. The summed E-state index contributed by atoms with van der Waals surface area (Å²) in [7, 11) is 1.57. The molecule has 0 amide bonds. The van der Waals surface area contributed by atoms with Crippen LogP contribution in [0.1, 0.15) is 25.0 Å². The number of methoxy groups -OCH3 is 1. The van der Waals surface area contributed by atoms with E-state index in [1.54, 1.807) is 55.6 Å². The number of hydrogen-bond donors (Lipinski definition) is 1. The summed E-state index contributed by atoms with van der Waals surface area (Å²) in [5.74, 6) is -0.0277. The van der Waals surface area contributed by atoms with Crippen LogP contribution in [0.5, 0.6) is 5.75 Å². The molecule has 0 aliphatic carbocycles. The zero-order chi connectivity index (χ0) is 19.0. The second-order valence-electron chi connectivity index (χ2n) is 5.97. The molecule has 148 valence electrons. The van der Waals surface area contributed by atoms with Crippen molar-refractivity contribution >= 4 is 18.4 Å². The van der Waals surface area contributed by atoms with E-state index >= 15 is 0 Å². The third-order valence-electron chi connectivity index (χ3n) is 4.53. The number of esters is 1. The van der Waals surface area contributed by atoms with E-state index in [-0.39, 0.29) is 19.0 Å². The molecule has 0 radical (unpaired) electrons. The minimum absolute atomic E-state index is 0. The highest BCUT2D eigenvalue weighted by Gasteiger charge is 2.41. The minimum atomic E-state index is -1.86. The van der Waals surface area contributed by atoms with Gasteiger partial charge in [-0.05, 0) is 36.3 Å². The van der Waals surface area contributed by atoms with Crippen molar-refractivity contribution in [3.63, 3.8) is 0 Å². The molecular weight excluding hydrogens is 366 g/mol. The Morgan fingerprint density at radius 1 is 1.00 bits per heavy atom. The third-order valence-corrected chi connectivity index (χ3v) is 4.53. The van der Waals surface area contributed by atoms with Gasteiger partial charge in [0.15, 0.2) is 0 Å². The zero-order valence-corrected chi connectivity index (χ0v) is 16.9. The minimum Gasteiger partial charge on any atom is -0.497 e. The summed E-state index contributed by atoms with van der Waals surface area (Å²) in [5.41, 5.74) is -0.952. The largest absolute Gasteiger partial charge is 0.497 e. The molecule has 27 heavy (non-hydrogen) atoms. The van der Waals surface area contributed by atoms with E-state index in [4.69, 9.17) is 9.47 Å². The molecule has 0 saturated carbocycles. The van der Waals surface area contributed by atoms with Gasteiger partial charge in [0.1, 0.15) is 12.4 Å². The number of hydrogen-bond acceptors (Lipinski definition) is 5. The lowest BCUT2D eigenvalue weighted by atomic mass is 9.86. The van der Waals surface area contributed by atoms with Crippen molar-refractivity contribution in [1.82, 2.24) is 4.90 Å². The first-order chi connectivity index (χ1) is 12.6. The average Bonchev–Trinajstić information content (AvgIpc) is 2.71. The lowest BCUT2D eigenvalue weighted by molar-refractivity contribution is -0.162. The smallest absolute Gasteiger partial charge is 0.347 e. The number of ether oxygens (including phenoxy) is 2. The average molecular weight is 394 g/mol. The lowest BCUT2D eigenvalue weighted by Gasteiger charge is -2.28. The molecule has 0 spiro atoms. The van der Waals surface area contributed by atoms with Crippen molar-refractivity contribution in [1.29, 1.82) is 0 Å². The molecule has 5 nitrogen and oxygen atoms in total. The molecule has 0 aliphatic rings. The number of halogens is 1. The SMILES string of the molecule is CCN(CC)CCOC(=O)C(O)(c1ccccc1)c1ccc(OC)cc1.Cl. The van der Waals surface area contributed by atoms with E-state index in [1.165, 1.54) is 0 Å². The Morgan fingerprint density at radius 3 is 2.07 bits per heavy atom. The fourth-order valence-electron chi connectivity index (χ4n) is 2.83. The number of rotatable bonds is 9. The molecule has 2 aromatic carbocycles. The van der Waals surface area contributed by atoms with E-state index in [0.717, 1.165) is 13.1 Å². The van der Waals surface area contributed by atoms with Gasteiger partial charge in [0.05, 0.1) is 7.11 Å². The van der Waals surface area contributed by atoms with Gasteiger partial charge in [0, 0.05) is 6.54 Å². The molecule has 2 rings (SSSR count). The highest BCUT2D eigenvalue weighted by Crippen LogP contribution is 2.32. The Morgan fingerprint density at radius 2 is 1.56 bits per heavy atom. The molecular formula is C21H28ClNO4. The highest BCUT2D eigenvalue weighted by molar-refractivity contribution is 5.85. The Labute approximate surface area is 167 Å². The van der Waals surface area contributed by atoms with Crippen LogP contribution in [0.15, 0.2) is 54.6 Å². The molecule has 1 unspecified atom stereocenters. The van der Waals surface area contributed by atoms with Crippen molar-refractivity contribution < 1.29 is 19.4 Å². The Bertz CT molecular complexity index is 689. The standard InChI is InChI=1S/C21H27NO4.ClH/c1-4-22(5-2)15-16-26-20(23)21(24,17-9-7-6-8-10-17)18-11-13-19(25-3)14-12-18;/h6-14,24H,4-5,15-16H2,1-3H3;1H.